The molecule has 1 aromatic rings. The molecule has 0 saturated carbocycles. The molecule has 1 aromatic carbocycles. The Bertz CT molecular complexity index is 546. The molecule has 0 radical (unpaired) electrons. The smallest absolute Gasteiger partial charge is 0.243 e. The summed E-state index contributed by atoms with van der Waals surface area (Å²) < 4.78 is 49.8. The molecule has 0 unspecified atom stereocenters. The zero-order chi connectivity index (χ0) is 14.8. The van der Waals surface area contributed by atoms with Gasteiger partial charge in [-0.15, -0.1) is 0 Å². The Morgan fingerprint density at radius 3 is 2.50 bits per heavy atom. The average molecular weight is 303 g/mol. The summed E-state index contributed by atoms with van der Waals surface area (Å²) in [5, 5.41) is 0. The van der Waals surface area contributed by atoms with Gasteiger partial charge in [0, 0.05) is 20.8 Å². The minimum Gasteiger partial charge on any atom is -0.383 e. The fourth-order valence-electron chi connectivity index (χ4n) is 2.40. The van der Waals surface area contributed by atoms with Gasteiger partial charge in [-0.3, -0.25) is 0 Å². The lowest BCUT2D eigenvalue weighted by Crippen LogP contribution is -2.38. The van der Waals surface area contributed by atoms with Gasteiger partial charge in [0.05, 0.1) is 23.6 Å². The second-order valence-electron chi connectivity index (χ2n) is 4.73. The van der Waals surface area contributed by atoms with Gasteiger partial charge in [-0.05, 0) is 30.7 Å². The van der Waals surface area contributed by atoms with Crippen molar-refractivity contribution >= 4 is 10.0 Å². The fourth-order valence-corrected chi connectivity index (χ4v) is 4.05. The van der Waals surface area contributed by atoms with E-state index in [1.165, 1.54) is 23.5 Å². The number of ether oxygens (including phenoxy) is 2. The number of hydrogen-bond acceptors (Lipinski definition) is 4. The predicted octanol–water partition coefficient (Wildman–Crippen LogP) is 1.25. The average Bonchev–Trinajstić information content (AvgIpc) is 2.84. The summed E-state index contributed by atoms with van der Waals surface area (Å²) in [6.45, 7) is 0.588. The summed E-state index contributed by atoms with van der Waals surface area (Å²) in [5.41, 5.74) is 0. The molecule has 0 amide bonds. The van der Waals surface area contributed by atoms with Crippen molar-refractivity contribution in [2.75, 3.05) is 27.4 Å². The van der Waals surface area contributed by atoms with Gasteiger partial charge in [-0.25, -0.2) is 12.8 Å². The summed E-state index contributed by atoms with van der Waals surface area (Å²) in [6.07, 6.45) is 0.440. The first-order valence-electron chi connectivity index (χ1n) is 6.28. The van der Waals surface area contributed by atoms with Gasteiger partial charge in [0.2, 0.25) is 10.0 Å². The van der Waals surface area contributed by atoms with E-state index in [2.05, 4.69) is 0 Å². The highest BCUT2D eigenvalue weighted by molar-refractivity contribution is 7.89. The summed E-state index contributed by atoms with van der Waals surface area (Å²) in [4.78, 5) is 0.0803. The van der Waals surface area contributed by atoms with Crippen LogP contribution < -0.4 is 0 Å². The molecular weight excluding hydrogens is 285 g/mol. The second-order valence-corrected chi connectivity index (χ2v) is 6.62. The van der Waals surface area contributed by atoms with Gasteiger partial charge in [0.25, 0.3) is 0 Å². The van der Waals surface area contributed by atoms with E-state index in [1.54, 1.807) is 7.11 Å². The van der Waals surface area contributed by atoms with Gasteiger partial charge >= 0.3 is 0 Å². The lowest BCUT2D eigenvalue weighted by molar-refractivity contribution is 0.110. The predicted molar refractivity (Wildman–Crippen MR) is 71.4 cm³/mol. The molecule has 0 spiro atoms. The van der Waals surface area contributed by atoms with Crippen molar-refractivity contribution in [2.45, 2.75) is 23.5 Å². The maximum Gasteiger partial charge on any atom is 0.243 e. The zero-order valence-electron chi connectivity index (χ0n) is 11.5. The molecule has 1 aliphatic heterocycles. The number of methoxy groups -OCH3 is 2. The molecular formula is C13H18FNO4S. The number of benzene rings is 1. The Morgan fingerprint density at radius 2 is 1.95 bits per heavy atom. The van der Waals surface area contributed by atoms with Crippen LogP contribution in [0.2, 0.25) is 0 Å². The molecule has 1 heterocycles. The van der Waals surface area contributed by atoms with Crippen molar-refractivity contribution in [1.82, 2.24) is 4.31 Å². The van der Waals surface area contributed by atoms with E-state index < -0.39 is 15.8 Å². The van der Waals surface area contributed by atoms with Crippen LogP contribution in [0, 0.1) is 5.82 Å². The Hall–Kier alpha value is -1.02. The minimum absolute atomic E-state index is 0.0803. The first-order chi connectivity index (χ1) is 9.48. The molecule has 2 atom stereocenters. The van der Waals surface area contributed by atoms with E-state index in [4.69, 9.17) is 9.47 Å². The largest absolute Gasteiger partial charge is 0.383 e. The molecule has 1 fully saturated rings. The molecule has 1 saturated heterocycles. The van der Waals surface area contributed by atoms with Gasteiger partial charge in [-0.1, -0.05) is 0 Å². The lowest BCUT2D eigenvalue weighted by Gasteiger charge is -2.23. The topological polar surface area (TPSA) is 55.8 Å². The van der Waals surface area contributed by atoms with Gasteiger partial charge < -0.3 is 9.47 Å². The number of nitrogens with zero attached hydrogens (tertiary/aromatic N) is 1. The molecule has 5 nitrogen and oxygen atoms in total. The standard InChI is InChI=1S/C13H18FNO4S/c1-18-9-11-7-12(19-2)8-15(11)20(16,17)13-5-3-10(14)4-6-13/h3-6,11-12H,7-9H2,1-2H3/t11-,12-/m0/s1. The van der Waals surface area contributed by atoms with Crippen LogP contribution in [0.4, 0.5) is 4.39 Å². The van der Waals surface area contributed by atoms with E-state index in [-0.39, 0.29) is 23.6 Å². The Morgan fingerprint density at radius 1 is 1.30 bits per heavy atom. The third-order valence-corrected chi connectivity index (χ3v) is 5.37. The quantitative estimate of drug-likeness (QED) is 0.821. The van der Waals surface area contributed by atoms with E-state index in [1.807, 2.05) is 0 Å². The van der Waals surface area contributed by atoms with E-state index >= 15 is 0 Å². The second kappa shape index (κ2) is 6.17. The summed E-state index contributed by atoms with van der Waals surface area (Å²) >= 11 is 0. The van der Waals surface area contributed by atoms with Crippen molar-refractivity contribution in [1.29, 1.82) is 0 Å². The maximum atomic E-state index is 12.9. The fraction of sp³-hybridized carbons (Fsp3) is 0.538. The first kappa shape index (κ1) is 15.4. The number of hydrogen-bond donors (Lipinski definition) is 0. The van der Waals surface area contributed by atoms with E-state index in [0.29, 0.717) is 13.0 Å². The van der Waals surface area contributed by atoms with Crippen LogP contribution in [0.1, 0.15) is 6.42 Å². The highest BCUT2D eigenvalue weighted by Crippen LogP contribution is 2.27. The van der Waals surface area contributed by atoms with Crippen LogP contribution in [0.15, 0.2) is 29.2 Å². The normalized spacial score (nSPS) is 24.1. The van der Waals surface area contributed by atoms with Crippen LogP contribution >= 0.6 is 0 Å². The molecule has 20 heavy (non-hydrogen) atoms. The third kappa shape index (κ3) is 3.01. The highest BCUT2D eigenvalue weighted by atomic mass is 32.2. The Balaban J connectivity index is 2.29. The lowest BCUT2D eigenvalue weighted by atomic mass is 10.2. The minimum atomic E-state index is -3.66. The summed E-state index contributed by atoms with van der Waals surface area (Å²) in [5.74, 6) is -0.464. The van der Waals surface area contributed by atoms with E-state index in [9.17, 15) is 12.8 Å². The van der Waals surface area contributed by atoms with Crippen molar-refractivity contribution in [3.8, 4) is 0 Å². The molecule has 0 aliphatic carbocycles. The van der Waals surface area contributed by atoms with Gasteiger partial charge in [-0.2, -0.15) is 4.31 Å². The first-order valence-corrected chi connectivity index (χ1v) is 7.72. The monoisotopic (exact) mass is 303 g/mol. The maximum absolute atomic E-state index is 12.9. The Labute approximate surface area is 118 Å². The number of sulfonamides is 1. The van der Waals surface area contributed by atoms with Crippen molar-refractivity contribution in [2.24, 2.45) is 0 Å². The molecule has 112 valence electrons. The summed E-state index contributed by atoms with van der Waals surface area (Å²) in [7, 11) is -0.575. The number of halogens is 1. The van der Waals surface area contributed by atoms with Crippen LogP contribution in [0.25, 0.3) is 0 Å². The van der Waals surface area contributed by atoms with Gasteiger partial charge in [0.15, 0.2) is 0 Å². The van der Waals surface area contributed by atoms with E-state index in [0.717, 1.165) is 12.1 Å². The summed E-state index contributed by atoms with van der Waals surface area (Å²) in [6, 6.07) is 4.56. The molecule has 1 aliphatic rings. The molecule has 0 aromatic heterocycles. The van der Waals surface area contributed by atoms with Crippen molar-refractivity contribution < 1.29 is 22.3 Å². The molecule has 2 rings (SSSR count). The van der Waals surface area contributed by atoms with Crippen LogP contribution in [0.5, 0.6) is 0 Å². The van der Waals surface area contributed by atoms with Crippen LogP contribution in [0.3, 0.4) is 0 Å². The SMILES string of the molecule is COC[C@@H]1C[C@H](OC)CN1S(=O)(=O)c1ccc(F)cc1. The molecule has 0 bridgehead atoms. The third-order valence-electron chi connectivity index (χ3n) is 3.44. The van der Waals surface area contributed by atoms with Crippen molar-refractivity contribution in [3.63, 3.8) is 0 Å². The van der Waals surface area contributed by atoms with Crippen molar-refractivity contribution in [3.05, 3.63) is 30.1 Å². The van der Waals surface area contributed by atoms with Crippen LogP contribution in [-0.4, -0.2) is 52.2 Å². The molecule has 7 heteroatoms. The highest BCUT2D eigenvalue weighted by Gasteiger charge is 2.40. The Kier molecular flexibility index (Phi) is 4.74. The van der Waals surface area contributed by atoms with Gasteiger partial charge in [0.1, 0.15) is 5.82 Å². The zero-order valence-corrected chi connectivity index (χ0v) is 12.3. The number of rotatable bonds is 5. The molecule has 0 N–H and O–H groups in total. The van der Waals surface area contributed by atoms with Crippen LogP contribution in [-0.2, 0) is 19.5 Å².